The Morgan fingerprint density at radius 3 is 3.05 bits per heavy atom. The molecule has 1 aliphatic rings. The molecule has 1 heterocycles. The molecule has 104 valence electrons. The number of fused-ring (bicyclic) bond motifs is 1. The number of hydrogen-bond acceptors (Lipinski definition) is 3. The van der Waals surface area contributed by atoms with Crippen molar-refractivity contribution in [1.29, 1.82) is 0 Å². The van der Waals surface area contributed by atoms with Gasteiger partial charge in [-0.3, -0.25) is 4.79 Å². The van der Waals surface area contributed by atoms with Crippen LogP contribution in [0.25, 0.3) is 0 Å². The molecule has 0 aliphatic carbocycles. The minimum Gasteiger partial charge on any atom is -0.380 e. The van der Waals surface area contributed by atoms with Crippen molar-refractivity contribution in [3.63, 3.8) is 0 Å². The molecule has 0 fully saturated rings. The summed E-state index contributed by atoms with van der Waals surface area (Å²) in [5, 5.41) is 3.32. The monoisotopic (exact) mass is 262 g/mol. The normalized spacial score (nSPS) is 17.9. The molecule has 19 heavy (non-hydrogen) atoms. The number of carbonyl (C=O) groups excluding carboxylic acids is 1. The van der Waals surface area contributed by atoms with Crippen LogP contribution in [-0.2, 0) is 16.1 Å². The Kier molecular flexibility index (Phi) is 4.93. The van der Waals surface area contributed by atoms with Gasteiger partial charge < -0.3 is 15.0 Å². The first-order chi connectivity index (χ1) is 9.24. The summed E-state index contributed by atoms with van der Waals surface area (Å²) in [7, 11) is 1.85. The Morgan fingerprint density at radius 2 is 2.26 bits per heavy atom. The Labute approximate surface area is 114 Å². The minimum absolute atomic E-state index is 0.0726. The molecule has 1 atom stereocenters. The summed E-state index contributed by atoms with van der Waals surface area (Å²) in [5.41, 5.74) is 2.39. The maximum absolute atomic E-state index is 12.5. The van der Waals surface area contributed by atoms with Gasteiger partial charge in [0.15, 0.2) is 0 Å². The van der Waals surface area contributed by atoms with Gasteiger partial charge >= 0.3 is 0 Å². The average Bonchev–Trinajstić information content (AvgIpc) is 2.46. The predicted octanol–water partition coefficient (Wildman–Crippen LogP) is 1.37. The van der Waals surface area contributed by atoms with Gasteiger partial charge in [-0.05, 0) is 18.1 Å². The number of benzene rings is 1. The summed E-state index contributed by atoms with van der Waals surface area (Å²) < 4.78 is 5.30. The van der Waals surface area contributed by atoms with Gasteiger partial charge in [-0.15, -0.1) is 0 Å². The molecule has 1 aliphatic heterocycles. The highest BCUT2D eigenvalue weighted by atomic mass is 16.5. The van der Waals surface area contributed by atoms with E-state index in [1.165, 1.54) is 5.56 Å². The van der Waals surface area contributed by atoms with Crippen molar-refractivity contribution in [3.05, 3.63) is 35.4 Å². The molecule has 0 radical (unpaired) electrons. The van der Waals surface area contributed by atoms with Crippen LogP contribution in [0.5, 0.6) is 0 Å². The van der Waals surface area contributed by atoms with Crippen molar-refractivity contribution >= 4 is 5.91 Å². The number of nitrogens with one attached hydrogen (secondary N) is 1. The van der Waals surface area contributed by atoms with Crippen LogP contribution in [0.4, 0.5) is 0 Å². The maximum Gasteiger partial charge on any atom is 0.231 e. The quantitative estimate of drug-likeness (QED) is 0.815. The highest BCUT2D eigenvalue weighted by molar-refractivity contribution is 5.84. The Hall–Kier alpha value is -1.39. The lowest BCUT2D eigenvalue weighted by molar-refractivity contribution is -0.132. The van der Waals surface area contributed by atoms with E-state index < -0.39 is 0 Å². The SMILES string of the molecule is CCOCCN(C)C(=O)C1CNCc2ccccc21. The molecular formula is C15H22N2O2. The van der Waals surface area contributed by atoms with Crippen LogP contribution in [0.3, 0.4) is 0 Å². The molecule has 0 saturated heterocycles. The maximum atomic E-state index is 12.5. The number of ether oxygens (including phenoxy) is 1. The van der Waals surface area contributed by atoms with Crippen LogP contribution in [0.15, 0.2) is 24.3 Å². The number of carbonyl (C=O) groups is 1. The van der Waals surface area contributed by atoms with E-state index in [1.807, 2.05) is 26.1 Å². The number of rotatable bonds is 5. The van der Waals surface area contributed by atoms with Gasteiger partial charge in [0.2, 0.25) is 5.91 Å². The number of nitrogens with zero attached hydrogens (tertiary/aromatic N) is 1. The zero-order valence-electron chi connectivity index (χ0n) is 11.7. The van der Waals surface area contributed by atoms with Crippen LogP contribution in [0.2, 0.25) is 0 Å². The Balaban J connectivity index is 2.04. The molecule has 0 aromatic heterocycles. The van der Waals surface area contributed by atoms with Gasteiger partial charge in [-0.1, -0.05) is 24.3 Å². The van der Waals surface area contributed by atoms with Crippen molar-refractivity contribution < 1.29 is 9.53 Å². The Morgan fingerprint density at radius 1 is 1.47 bits per heavy atom. The molecule has 0 saturated carbocycles. The third-order valence-corrected chi connectivity index (χ3v) is 3.54. The van der Waals surface area contributed by atoms with Crippen molar-refractivity contribution in [1.82, 2.24) is 10.2 Å². The van der Waals surface area contributed by atoms with Crippen LogP contribution < -0.4 is 5.32 Å². The lowest BCUT2D eigenvalue weighted by Crippen LogP contribution is -2.41. The second-order valence-corrected chi connectivity index (χ2v) is 4.84. The van der Waals surface area contributed by atoms with Crippen molar-refractivity contribution in [2.24, 2.45) is 0 Å². The van der Waals surface area contributed by atoms with Crippen molar-refractivity contribution in [2.75, 3.05) is 33.4 Å². The van der Waals surface area contributed by atoms with E-state index in [1.54, 1.807) is 4.90 Å². The lowest BCUT2D eigenvalue weighted by atomic mass is 9.90. The van der Waals surface area contributed by atoms with E-state index in [0.717, 1.165) is 18.7 Å². The minimum atomic E-state index is -0.0726. The lowest BCUT2D eigenvalue weighted by Gasteiger charge is -2.29. The van der Waals surface area contributed by atoms with Crippen LogP contribution in [-0.4, -0.2) is 44.2 Å². The highest BCUT2D eigenvalue weighted by Crippen LogP contribution is 2.25. The molecule has 1 N–H and O–H groups in total. The van der Waals surface area contributed by atoms with E-state index in [9.17, 15) is 4.79 Å². The Bertz CT molecular complexity index is 434. The third-order valence-electron chi connectivity index (χ3n) is 3.54. The second-order valence-electron chi connectivity index (χ2n) is 4.84. The fourth-order valence-electron chi connectivity index (χ4n) is 2.44. The fourth-order valence-corrected chi connectivity index (χ4v) is 2.44. The topological polar surface area (TPSA) is 41.6 Å². The molecule has 1 amide bonds. The standard InChI is InChI=1S/C15H22N2O2/c1-3-19-9-8-17(2)15(18)14-11-16-10-12-6-4-5-7-13(12)14/h4-7,14,16H,3,8-11H2,1-2H3. The van der Waals surface area contributed by atoms with Gasteiger partial charge in [0.25, 0.3) is 0 Å². The van der Waals surface area contributed by atoms with Crippen LogP contribution in [0.1, 0.15) is 24.0 Å². The molecule has 1 aromatic carbocycles. The van der Waals surface area contributed by atoms with Crippen molar-refractivity contribution in [2.45, 2.75) is 19.4 Å². The summed E-state index contributed by atoms with van der Waals surface area (Å²) in [6, 6.07) is 8.17. The summed E-state index contributed by atoms with van der Waals surface area (Å²) >= 11 is 0. The zero-order valence-corrected chi connectivity index (χ0v) is 11.7. The first kappa shape index (κ1) is 14.0. The number of hydrogen-bond donors (Lipinski definition) is 1. The van der Waals surface area contributed by atoms with Gasteiger partial charge in [0.05, 0.1) is 12.5 Å². The van der Waals surface area contributed by atoms with Gasteiger partial charge in [-0.25, -0.2) is 0 Å². The molecule has 2 rings (SSSR count). The number of amides is 1. The van der Waals surface area contributed by atoms with Gasteiger partial charge in [0.1, 0.15) is 0 Å². The summed E-state index contributed by atoms with van der Waals surface area (Å²) in [4.78, 5) is 14.3. The molecule has 4 heteroatoms. The third kappa shape index (κ3) is 3.33. The molecule has 4 nitrogen and oxygen atoms in total. The van der Waals surface area contributed by atoms with Gasteiger partial charge in [0, 0.05) is 33.3 Å². The zero-order chi connectivity index (χ0) is 13.7. The largest absolute Gasteiger partial charge is 0.380 e. The summed E-state index contributed by atoms with van der Waals surface area (Å²) in [6.45, 7) is 5.46. The summed E-state index contributed by atoms with van der Waals surface area (Å²) in [5.74, 6) is 0.0935. The van der Waals surface area contributed by atoms with E-state index in [4.69, 9.17) is 4.74 Å². The molecule has 0 spiro atoms. The fraction of sp³-hybridized carbons (Fsp3) is 0.533. The van der Waals surface area contributed by atoms with Crippen LogP contribution >= 0.6 is 0 Å². The number of likely N-dealkylation sites (N-methyl/N-ethyl adjacent to an activating group) is 1. The smallest absolute Gasteiger partial charge is 0.231 e. The van der Waals surface area contributed by atoms with Gasteiger partial charge in [-0.2, -0.15) is 0 Å². The second kappa shape index (κ2) is 6.68. The van der Waals surface area contributed by atoms with E-state index in [2.05, 4.69) is 17.4 Å². The highest BCUT2D eigenvalue weighted by Gasteiger charge is 2.28. The molecule has 0 bridgehead atoms. The first-order valence-corrected chi connectivity index (χ1v) is 6.85. The van der Waals surface area contributed by atoms with Crippen molar-refractivity contribution in [3.8, 4) is 0 Å². The van der Waals surface area contributed by atoms with E-state index in [-0.39, 0.29) is 11.8 Å². The molecular weight excluding hydrogens is 240 g/mol. The van der Waals surface area contributed by atoms with E-state index >= 15 is 0 Å². The first-order valence-electron chi connectivity index (χ1n) is 6.85. The predicted molar refractivity (Wildman–Crippen MR) is 75.0 cm³/mol. The van der Waals surface area contributed by atoms with Crippen LogP contribution in [0, 0.1) is 0 Å². The molecule has 1 aromatic rings. The van der Waals surface area contributed by atoms with E-state index in [0.29, 0.717) is 19.8 Å². The molecule has 1 unspecified atom stereocenters. The average molecular weight is 262 g/mol. The summed E-state index contributed by atoms with van der Waals surface area (Å²) in [6.07, 6.45) is 0.